The molecule has 0 saturated carbocycles. The third kappa shape index (κ3) is 3.69. The summed E-state index contributed by atoms with van der Waals surface area (Å²) in [5, 5.41) is 9.00. The Morgan fingerprint density at radius 1 is 1.50 bits per heavy atom. The zero-order valence-corrected chi connectivity index (χ0v) is 12.5. The SMILES string of the molecule is C[C@H](CO)Oc1cc(I)cc(N2CCOCC2)n1. The normalized spacial score (nSPS) is 17.6. The van der Waals surface area contributed by atoms with Crippen LogP contribution < -0.4 is 9.64 Å². The lowest BCUT2D eigenvalue weighted by atomic mass is 10.3. The van der Waals surface area contributed by atoms with Gasteiger partial charge < -0.3 is 19.5 Å². The number of hydrogen-bond acceptors (Lipinski definition) is 5. The smallest absolute Gasteiger partial charge is 0.216 e. The molecule has 0 aromatic carbocycles. The zero-order valence-electron chi connectivity index (χ0n) is 10.3. The first-order valence-electron chi connectivity index (χ1n) is 5.97. The van der Waals surface area contributed by atoms with Crippen LogP contribution >= 0.6 is 22.6 Å². The Kier molecular flexibility index (Phi) is 5.02. The molecule has 1 aliphatic heterocycles. The summed E-state index contributed by atoms with van der Waals surface area (Å²) in [4.78, 5) is 6.66. The summed E-state index contributed by atoms with van der Waals surface area (Å²) in [6.07, 6.45) is -0.242. The third-order valence-corrected chi connectivity index (χ3v) is 3.29. The molecule has 0 amide bonds. The molecule has 1 fully saturated rings. The van der Waals surface area contributed by atoms with E-state index in [0.717, 1.165) is 35.7 Å². The number of hydrogen-bond donors (Lipinski definition) is 1. The Hall–Kier alpha value is -0.600. The van der Waals surface area contributed by atoms with Crippen molar-refractivity contribution in [2.45, 2.75) is 13.0 Å². The van der Waals surface area contributed by atoms with Crippen LogP contribution in [-0.2, 0) is 4.74 Å². The molecule has 1 atom stereocenters. The van der Waals surface area contributed by atoms with E-state index in [4.69, 9.17) is 14.6 Å². The van der Waals surface area contributed by atoms with Gasteiger partial charge in [0.2, 0.25) is 5.88 Å². The van der Waals surface area contributed by atoms with E-state index in [-0.39, 0.29) is 12.7 Å². The molecule has 5 nitrogen and oxygen atoms in total. The largest absolute Gasteiger partial charge is 0.472 e. The van der Waals surface area contributed by atoms with Crippen molar-refractivity contribution in [2.75, 3.05) is 37.8 Å². The van der Waals surface area contributed by atoms with Crippen LogP contribution in [0.5, 0.6) is 5.88 Å². The minimum absolute atomic E-state index is 0.0138. The summed E-state index contributed by atoms with van der Waals surface area (Å²) >= 11 is 2.25. The molecule has 2 rings (SSSR count). The summed E-state index contributed by atoms with van der Waals surface area (Å²) in [7, 11) is 0. The van der Waals surface area contributed by atoms with Gasteiger partial charge in [-0.1, -0.05) is 0 Å². The Balaban J connectivity index is 2.14. The minimum atomic E-state index is -0.242. The van der Waals surface area contributed by atoms with E-state index in [0.29, 0.717) is 5.88 Å². The summed E-state index contributed by atoms with van der Waals surface area (Å²) in [5.41, 5.74) is 0. The maximum atomic E-state index is 9.00. The Morgan fingerprint density at radius 2 is 2.22 bits per heavy atom. The van der Waals surface area contributed by atoms with Crippen molar-refractivity contribution in [2.24, 2.45) is 0 Å². The fraction of sp³-hybridized carbons (Fsp3) is 0.583. The lowest BCUT2D eigenvalue weighted by Crippen LogP contribution is -2.36. The standard InChI is InChI=1S/C12H17IN2O3/c1-9(8-16)18-12-7-10(13)6-11(14-12)15-2-4-17-5-3-15/h6-7,9,16H,2-5,8H2,1H3/t9-/m1/s1. The number of aromatic nitrogens is 1. The van der Waals surface area contributed by atoms with Gasteiger partial charge in [-0.15, -0.1) is 0 Å². The van der Waals surface area contributed by atoms with Crippen molar-refractivity contribution < 1.29 is 14.6 Å². The van der Waals surface area contributed by atoms with Gasteiger partial charge in [-0.3, -0.25) is 0 Å². The average Bonchev–Trinajstić information content (AvgIpc) is 2.39. The van der Waals surface area contributed by atoms with Crippen molar-refractivity contribution in [3.8, 4) is 5.88 Å². The lowest BCUT2D eigenvalue weighted by Gasteiger charge is -2.28. The molecule has 1 aromatic rings. The van der Waals surface area contributed by atoms with E-state index < -0.39 is 0 Å². The highest BCUT2D eigenvalue weighted by Gasteiger charge is 2.14. The van der Waals surface area contributed by atoms with Gasteiger partial charge in [-0.05, 0) is 35.6 Å². The third-order valence-electron chi connectivity index (χ3n) is 2.67. The second kappa shape index (κ2) is 6.53. The van der Waals surface area contributed by atoms with Crippen LogP contribution in [0.15, 0.2) is 12.1 Å². The maximum Gasteiger partial charge on any atom is 0.216 e. The van der Waals surface area contributed by atoms with Gasteiger partial charge in [0.25, 0.3) is 0 Å². The highest BCUT2D eigenvalue weighted by atomic mass is 127. The first-order chi connectivity index (χ1) is 8.69. The molecule has 1 aliphatic rings. The molecule has 0 unspecified atom stereocenters. The molecule has 1 N–H and O–H groups in total. The van der Waals surface area contributed by atoms with Gasteiger partial charge in [-0.25, -0.2) is 0 Å². The average molecular weight is 364 g/mol. The zero-order chi connectivity index (χ0) is 13.0. The molecule has 1 aromatic heterocycles. The highest BCUT2D eigenvalue weighted by molar-refractivity contribution is 14.1. The Bertz CT molecular complexity index is 397. The van der Waals surface area contributed by atoms with E-state index in [1.54, 1.807) is 0 Å². The summed E-state index contributed by atoms with van der Waals surface area (Å²) < 4.78 is 12.0. The number of halogens is 1. The van der Waals surface area contributed by atoms with Crippen LogP contribution in [-0.4, -0.2) is 49.1 Å². The summed E-state index contributed by atoms with van der Waals surface area (Å²) in [6, 6.07) is 3.90. The van der Waals surface area contributed by atoms with Crippen molar-refractivity contribution in [1.29, 1.82) is 0 Å². The maximum absolute atomic E-state index is 9.00. The van der Waals surface area contributed by atoms with Crippen LogP contribution in [0.1, 0.15) is 6.92 Å². The van der Waals surface area contributed by atoms with E-state index >= 15 is 0 Å². The predicted molar refractivity (Wildman–Crippen MR) is 77.2 cm³/mol. The Labute approximate surface area is 120 Å². The molecule has 18 heavy (non-hydrogen) atoms. The van der Waals surface area contributed by atoms with Gasteiger partial charge in [0.05, 0.1) is 19.8 Å². The number of anilines is 1. The molecular formula is C12H17IN2O3. The molecule has 2 heterocycles. The number of rotatable bonds is 4. The molecular weight excluding hydrogens is 347 g/mol. The monoisotopic (exact) mass is 364 g/mol. The molecule has 1 saturated heterocycles. The fourth-order valence-electron chi connectivity index (χ4n) is 1.72. The molecule has 0 radical (unpaired) electrons. The molecule has 6 heteroatoms. The van der Waals surface area contributed by atoms with E-state index in [1.807, 2.05) is 19.1 Å². The van der Waals surface area contributed by atoms with Gasteiger partial charge in [0.15, 0.2) is 0 Å². The molecule has 0 bridgehead atoms. The minimum Gasteiger partial charge on any atom is -0.472 e. The first-order valence-corrected chi connectivity index (χ1v) is 7.04. The molecule has 100 valence electrons. The van der Waals surface area contributed by atoms with Crippen molar-refractivity contribution in [3.63, 3.8) is 0 Å². The number of ether oxygens (including phenoxy) is 2. The number of aliphatic hydroxyl groups excluding tert-OH is 1. The number of morpholine rings is 1. The molecule has 0 aliphatic carbocycles. The van der Waals surface area contributed by atoms with Crippen molar-refractivity contribution in [1.82, 2.24) is 4.98 Å². The van der Waals surface area contributed by atoms with Gasteiger partial charge >= 0.3 is 0 Å². The molecule has 0 spiro atoms. The topological polar surface area (TPSA) is 54.8 Å². The second-order valence-corrected chi connectivity index (χ2v) is 5.44. The van der Waals surface area contributed by atoms with Crippen LogP contribution in [0.25, 0.3) is 0 Å². The quantitative estimate of drug-likeness (QED) is 0.816. The highest BCUT2D eigenvalue weighted by Crippen LogP contribution is 2.22. The van der Waals surface area contributed by atoms with E-state index in [2.05, 4.69) is 32.5 Å². The van der Waals surface area contributed by atoms with Gasteiger partial charge in [0, 0.05) is 22.7 Å². The summed E-state index contributed by atoms with van der Waals surface area (Å²) in [5.74, 6) is 1.47. The second-order valence-electron chi connectivity index (χ2n) is 4.19. The number of pyridine rings is 1. The Morgan fingerprint density at radius 3 is 2.89 bits per heavy atom. The number of aliphatic hydroxyl groups is 1. The van der Waals surface area contributed by atoms with Crippen LogP contribution in [0.3, 0.4) is 0 Å². The van der Waals surface area contributed by atoms with E-state index in [9.17, 15) is 0 Å². The van der Waals surface area contributed by atoms with Gasteiger partial charge in [0.1, 0.15) is 11.9 Å². The van der Waals surface area contributed by atoms with E-state index in [1.165, 1.54) is 0 Å². The van der Waals surface area contributed by atoms with Crippen molar-refractivity contribution >= 4 is 28.4 Å². The van der Waals surface area contributed by atoms with Crippen LogP contribution in [0.4, 0.5) is 5.82 Å². The van der Waals surface area contributed by atoms with Crippen LogP contribution in [0.2, 0.25) is 0 Å². The fourth-order valence-corrected chi connectivity index (χ4v) is 2.26. The van der Waals surface area contributed by atoms with Crippen molar-refractivity contribution in [3.05, 3.63) is 15.7 Å². The lowest BCUT2D eigenvalue weighted by molar-refractivity contribution is 0.120. The summed E-state index contributed by atoms with van der Waals surface area (Å²) in [6.45, 7) is 4.97. The number of nitrogens with zero attached hydrogens (tertiary/aromatic N) is 2. The predicted octanol–water partition coefficient (Wildman–Crippen LogP) is 1.28. The van der Waals surface area contributed by atoms with Gasteiger partial charge in [-0.2, -0.15) is 4.98 Å². The van der Waals surface area contributed by atoms with Crippen LogP contribution in [0, 0.1) is 3.57 Å². The first kappa shape index (κ1) is 13.8.